The third-order valence-corrected chi connectivity index (χ3v) is 6.06. The van der Waals surface area contributed by atoms with Gasteiger partial charge in [0.2, 0.25) is 16.9 Å². The molecule has 1 saturated heterocycles. The molecule has 3 rings (SSSR count). The fourth-order valence-corrected chi connectivity index (χ4v) is 4.24. The maximum atomic E-state index is 12.3. The summed E-state index contributed by atoms with van der Waals surface area (Å²) in [6.45, 7) is 6.00. The van der Waals surface area contributed by atoms with Crippen LogP contribution < -0.4 is 5.32 Å². The van der Waals surface area contributed by atoms with E-state index in [0.29, 0.717) is 37.1 Å². The molecular formula is C17H21N5O2S2. The Balaban J connectivity index is 1.46. The van der Waals surface area contributed by atoms with Crippen LogP contribution in [0.5, 0.6) is 0 Å². The minimum absolute atomic E-state index is 0.0638. The van der Waals surface area contributed by atoms with Crippen LogP contribution in [0, 0.1) is 6.92 Å². The third-order valence-electron chi connectivity index (χ3n) is 4.11. The van der Waals surface area contributed by atoms with Gasteiger partial charge in [0.15, 0.2) is 4.34 Å². The summed E-state index contributed by atoms with van der Waals surface area (Å²) in [5, 5.41) is 12.2. The van der Waals surface area contributed by atoms with Crippen LogP contribution in [0.3, 0.4) is 0 Å². The van der Waals surface area contributed by atoms with Crippen molar-refractivity contribution in [3.8, 4) is 0 Å². The number of carbonyl (C=O) groups excluding carboxylic acids is 2. The summed E-state index contributed by atoms with van der Waals surface area (Å²) in [6, 6.07) is 8.05. The predicted molar refractivity (Wildman–Crippen MR) is 104 cm³/mol. The van der Waals surface area contributed by atoms with Crippen LogP contribution in [-0.2, 0) is 9.59 Å². The first-order valence-electron chi connectivity index (χ1n) is 8.34. The average molecular weight is 392 g/mol. The second-order valence-electron chi connectivity index (χ2n) is 6.04. The molecule has 1 aliphatic heterocycles. The summed E-state index contributed by atoms with van der Waals surface area (Å²) < 4.78 is 0.760. The Kier molecular flexibility index (Phi) is 6.10. The lowest BCUT2D eigenvalue weighted by atomic mass is 10.2. The van der Waals surface area contributed by atoms with Gasteiger partial charge in [-0.3, -0.25) is 9.59 Å². The van der Waals surface area contributed by atoms with Crippen molar-refractivity contribution in [1.82, 2.24) is 20.0 Å². The molecule has 138 valence electrons. The van der Waals surface area contributed by atoms with E-state index in [4.69, 9.17) is 0 Å². The molecule has 0 aliphatic carbocycles. The number of thioether (sulfide) groups is 1. The molecular weight excluding hydrogens is 370 g/mol. The van der Waals surface area contributed by atoms with Gasteiger partial charge in [0.05, 0.1) is 5.75 Å². The maximum absolute atomic E-state index is 12.3. The molecule has 1 aromatic carbocycles. The van der Waals surface area contributed by atoms with Crippen molar-refractivity contribution in [2.75, 3.05) is 37.2 Å². The summed E-state index contributed by atoms with van der Waals surface area (Å²) in [5.41, 5.74) is 2.16. The van der Waals surface area contributed by atoms with Crippen LogP contribution in [0.15, 0.2) is 28.6 Å². The van der Waals surface area contributed by atoms with Gasteiger partial charge in [0, 0.05) is 38.8 Å². The van der Waals surface area contributed by atoms with Crippen molar-refractivity contribution < 1.29 is 9.59 Å². The van der Waals surface area contributed by atoms with Gasteiger partial charge in [0.1, 0.15) is 0 Å². The Morgan fingerprint density at radius 3 is 2.42 bits per heavy atom. The van der Waals surface area contributed by atoms with Crippen molar-refractivity contribution in [3.63, 3.8) is 0 Å². The predicted octanol–water partition coefficient (Wildman–Crippen LogP) is 2.37. The monoisotopic (exact) mass is 391 g/mol. The zero-order chi connectivity index (χ0) is 18.5. The Morgan fingerprint density at radius 1 is 1.12 bits per heavy atom. The van der Waals surface area contributed by atoms with Gasteiger partial charge in [-0.15, -0.1) is 10.2 Å². The number of amides is 2. The van der Waals surface area contributed by atoms with E-state index in [2.05, 4.69) is 15.5 Å². The van der Waals surface area contributed by atoms with E-state index in [1.807, 2.05) is 31.2 Å². The molecule has 0 radical (unpaired) electrons. The number of anilines is 2. The largest absolute Gasteiger partial charge is 0.339 e. The number of rotatable bonds is 5. The lowest BCUT2D eigenvalue weighted by Gasteiger charge is -2.34. The summed E-state index contributed by atoms with van der Waals surface area (Å²) in [5.74, 6) is 0.467. The van der Waals surface area contributed by atoms with Crippen molar-refractivity contribution in [3.05, 3.63) is 29.8 Å². The normalized spacial score (nSPS) is 14.4. The van der Waals surface area contributed by atoms with Crippen LogP contribution in [0.2, 0.25) is 0 Å². The van der Waals surface area contributed by atoms with E-state index in [0.717, 1.165) is 10.0 Å². The van der Waals surface area contributed by atoms with Crippen LogP contribution >= 0.6 is 23.1 Å². The van der Waals surface area contributed by atoms with Crippen LogP contribution in [0.25, 0.3) is 0 Å². The molecule has 0 saturated carbocycles. The van der Waals surface area contributed by atoms with Crippen LogP contribution in [-0.4, -0.2) is 63.7 Å². The maximum Gasteiger partial charge on any atom is 0.233 e. The molecule has 2 heterocycles. The van der Waals surface area contributed by atoms with Crippen molar-refractivity contribution in [2.45, 2.75) is 18.2 Å². The van der Waals surface area contributed by atoms with E-state index in [1.165, 1.54) is 28.7 Å². The molecule has 26 heavy (non-hydrogen) atoms. The minimum Gasteiger partial charge on any atom is -0.339 e. The van der Waals surface area contributed by atoms with E-state index >= 15 is 0 Å². The number of aryl methyl sites for hydroxylation is 1. The van der Waals surface area contributed by atoms with Crippen LogP contribution in [0.1, 0.15) is 12.5 Å². The summed E-state index contributed by atoms with van der Waals surface area (Å²) in [7, 11) is 0. The molecule has 0 bridgehead atoms. The summed E-state index contributed by atoms with van der Waals surface area (Å²) in [4.78, 5) is 27.2. The van der Waals surface area contributed by atoms with Gasteiger partial charge in [-0.1, -0.05) is 40.8 Å². The molecule has 0 unspecified atom stereocenters. The fourth-order valence-electron chi connectivity index (χ4n) is 2.56. The molecule has 0 spiro atoms. The van der Waals surface area contributed by atoms with Gasteiger partial charge < -0.3 is 15.1 Å². The second kappa shape index (κ2) is 8.50. The highest BCUT2D eigenvalue weighted by Gasteiger charge is 2.22. The van der Waals surface area contributed by atoms with Crippen molar-refractivity contribution >= 4 is 45.7 Å². The smallest absolute Gasteiger partial charge is 0.233 e. The number of carbonyl (C=O) groups is 2. The Labute approximate surface area is 160 Å². The number of hydrogen-bond acceptors (Lipinski definition) is 7. The Hall–Kier alpha value is -2.13. The van der Waals surface area contributed by atoms with Gasteiger partial charge >= 0.3 is 0 Å². The van der Waals surface area contributed by atoms with Gasteiger partial charge in [-0.05, 0) is 19.1 Å². The number of nitrogens with zero attached hydrogens (tertiary/aromatic N) is 4. The highest BCUT2D eigenvalue weighted by Crippen LogP contribution is 2.28. The highest BCUT2D eigenvalue weighted by molar-refractivity contribution is 8.01. The van der Waals surface area contributed by atoms with E-state index in [-0.39, 0.29) is 11.8 Å². The number of piperazine rings is 1. The van der Waals surface area contributed by atoms with E-state index < -0.39 is 0 Å². The number of aromatic nitrogens is 2. The van der Waals surface area contributed by atoms with E-state index in [9.17, 15) is 9.59 Å². The van der Waals surface area contributed by atoms with Crippen LogP contribution in [0.4, 0.5) is 10.8 Å². The van der Waals surface area contributed by atoms with Gasteiger partial charge in [-0.2, -0.15) is 0 Å². The zero-order valence-electron chi connectivity index (χ0n) is 14.8. The Morgan fingerprint density at radius 2 is 1.77 bits per heavy atom. The first kappa shape index (κ1) is 18.7. The minimum atomic E-state index is 0.0638. The number of nitrogens with one attached hydrogen (secondary N) is 1. The van der Waals surface area contributed by atoms with E-state index in [1.54, 1.807) is 16.7 Å². The molecule has 2 amide bonds. The summed E-state index contributed by atoms with van der Waals surface area (Å²) >= 11 is 2.83. The first-order valence-corrected chi connectivity index (χ1v) is 10.1. The number of hydrogen-bond donors (Lipinski definition) is 1. The van der Waals surface area contributed by atoms with Gasteiger partial charge in [-0.25, -0.2) is 0 Å². The fraction of sp³-hybridized carbons (Fsp3) is 0.412. The molecule has 9 heteroatoms. The standard InChI is InChI=1S/C17H21N5O2S2/c1-12-3-5-14(6-4-12)18-16-19-20-17(26-16)25-11-15(24)22-9-7-21(8-10-22)13(2)23/h3-6H,7-11H2,1-2H3,(H,18,19). The Bertz CT molecular complexity index is 770. The number of benzene rings is 1. The molecule has 2 aromatic rings. The lowest BCUT2D eigenvalue weighted by molar-refractivity contribution is -0.136. The first-order chi connectivity index (χ1) is 12.5. The molecule has 0 atom stereocenters. The molecule has 1 aromatic heterocycles. The third kappa shape index (κ3) is 4.95. The molecule has 7 nitrogen and oxygen atoms in total. The molecule has 1 fully saturated rings. The quantitative estimate of drug-likeness (QED) is 0.789. The topological polar surface area (TPSA) is 78.4 Å². The highest BCUT2D eigenvalue weighted by atomic mass is 32.2. The lowest BCUT2D eigenvalue weighted by Crippen LogP contribution is -2.50. The van der Waals surface area contributed by atoms with Crippen molar-refractivity contribution in [2.24, 2.45) is 0 Å². The van der Waals surface area contributed by atoms with Crippen molar-refractivity contribution in [1.29, 1.82) is 0 Å². The molecule has 1 N–H and O–H groups in total. The SMILES string of the molecule is CC(=O)N1CCN(C(=O)CSc2nnc(Nc3ccc(C)cc3)s2)CC1. The zero-order valence-corrected chi connectivity index (χ0v) is 16.4. The summed E-state index contributed by atoms with van der Waals surface area (Å²) in [6.07, 6.45) is 0. The molecule has 1 aliphatic rings. The van der Waals surface area contributed by atoms with Gasteiger partial charge in [0.25, 0.3) is 0 Å². The average Bonchev–Trinajstić information content (AvgIpc) is 3.09. The second-order valence-corrected chi connectivity index (χ2v) is 8.24.